The molecule has 3 aromatic carbocycles. The summed E-state index contributed by atoms with van der Waals surface area (Å²) in [6.07, 6.45) is 0. The molecule has 0 aliphatic heterocycles. The van der Waals surface area contributed by atoms with Gasteiger partial charge < -0.3 is 0 Å². The molecule has 0 radical (unpaired) electrons. The largest absolute Gasteiger partial charge is 0.280 e. The van der Waals surface area contributed by atoms with E-state index in [1.165, 1.54) is 4.57 Å². The van der Waals surface area contributed by atoms with Crippen molar-refractivity contribution in [3.8, 4) is 5.69 Å². The minimum Gasteiger partial charge on any atom is -0.280 e. The van der Waals surface area contributed by atoms with Gasteiger partial charge in [-0.2, -0.15) is 0 Å². The average molecular weight is 405 g/mol. The molecule has 0 spiro atoms. The van der Waals surface area contributed by atoms with Crippen molar-refractivity contribution in [3.05, 3.63) is 94.5 Å². The van der Waals surface area contributed by atoms with Crippen LogP contribution in [0.25, 0.3) is 16.6 Å². The quantitative estimate of drug-likeness (QED) is 0.560. The summed E-state index contributed by atoms with van der Waals surface area (Å²) >= 11 is 0. The van der Waals surface area contributed by atoms with Crippen molar-refractivity contribution in [2.24, 2.45) is 0 Å². The van der Waals surface area contributed by atoms with Crippen LogP contribution in [0.2, 0.25) is 0 Å². The topological polar surface area (TPSA) is 81.1 Å². The van der Waals surface area contributed by atoms with Crippen molar-refractivity contribution >= 4 is 26.6 Å². The molecule has 0 bridgehead atoms. The highest BCUT2D eigenvalue weighted by Crippen LogP contribution is 2.19. The van der Waals surface area contributed by atoms with Crippen molar-refractivity contribution in [2.45, 2.75) is 18.7 Å². The van der Waals surface area contributed by atoms with Crippen LogP contribution in [-0.4, -0.2) is 18.0 Å². The Bertz CT molecular complexity index is 1360. The zero-order chi connectivity index (χ0) is 20.6. The Kier molecular flexibility index (Phi) is 4.68. The van der Waals surface area contributed by atoms with Gasteiger partial charge in [0, 0.05) is 5.69 Å². The molecule has 0 amide bonds. The standard InChI is InChI=1S/C22H19N3O3S/c1-15-7-13-19(14-8-15)29(27,28)24-17-9-11-18(12-10-17)25-16(2)23-21-6-4-3-5-20(21)22(25)26/h3-14,24H,1-2H3. The predicted molar refractivity (Wildman–Crippen MR) is 114 cm³/mol. The van der Waals surface area contributed by atoms with Gasteiger partial charge in [-0.1, -0.05) is 29.8 Å². The van der Waals surface area contributed by atoms with Gasteiger partial charge in [0.25, 0.3) is 15.6 Å². The van der Waals surface area contributed by atoms with Gasteiger partial charge in [0.05, 0.1) is 21.5 Å². The van der Waals surface area contributed by atoms with Gasteiger partial charge >= 0.3 is 0 Å². The van der Waals surface area contributed by atoms with E-state index in [9.17, 15) is 13.2 Å². The molecule has 0 aliphatic rings. The lowest BCUT2D eigenvalue weighted by molar-refractivity contribution is 0.601. The van der Waals surface area contributed by atoms with E-state index in [1.54, 1.807) is 73.7 Å². The van der Waals surface area contributed by atoms with Gasteiger partial charge in [-0.25, -0.2) is 13.4 Å². The second kappa shape index (κ2) is 7.18. The molecule has 29 heavy (non-hydrogen) atoms. The molecule has 6 nitrogen and oxygen atoms in total. The van der Waals surface area contributed by atoms with Gasteiger partial charge in [0.1, 0.15) is 5.82 Å². The number of aromatic nitrogens is 2. The van der Waals surface area contributed by atoms with Crippen LogP contribution in [0.4, 0.5) is 5.69 Å². The Labute approximate surface area is 168 Å². The number of hydrogen-bond donors (Lipinski definition) is 1. The summed E-state index contributed by atoms with van der Waals surface area (Å²) in [5, 5.41) is 0.530. The Hall–Kier alpha value is -3.45. The fourth-order valence-electron chi connectivity index (χ4n) is 3.16. The number of nitrogens with zero attached hydrogens (tertiary/aromatic N) is 2. The molecule has 4 aromatic rings. The van der Waals surface area contributed by atoms with Crippen molar-refractivity contribution in [1.82, 2.24) is 9.55 Å². The number of fused-ring (bicyclic) bond motifs is 1. The van der Waals surface area contributed by atoms with Crippen LogP contribution in [0.1, 0.15) is 11.4 Å². The molecule has 1 aromatic heterocycles. The zero-order valence-corrected chi connectivity index (χ0v) is 16.8. The number of rotatable bonds is 4. The minimum atomic E-state index is -3.68. The lowest BCUT2D eigenvalue weighted by atomic mass is 10.2. The second-order valence-electron chi connectivity index (χ2n) is 6.78. The number of anilines is 1. The van der Waals surface area contributed by atoms with Crippen LogP contribution in [0.3, 0.4) is 0 Å². The summed E-state index contributed by atoms with van der Waals surface area (Å²) in [6, 6.07) is 20.5. The molecule has 0 saturated heterocycles. The molecule has 4 rings (SSSR count). The van der Waals surface area contributed by atoms with Gasteiger partial charge in [0.15, 0.2) is 0 Å². The van der Waals surface area contributed by atoms with Crippen molar-refractivity contribution in [3.63, 3.8) is 0 Å². The van der Waals surface area contributed by atoms with E-state index in [0.717, 1.165) is 5.56 Å². The molecule has 0 unspecified atom stereocenters. The van der Waals surface area contributed by atoms with Gasteiger partial charge in [-0.05, 0) is 62.4 Å². The van der Waals surface area contributed by atoms with Crippen LogP contribution in [0, 0.1) is 13.8 Å². The van der Waals surface area contributed by atoms with E-state index >= 15 is 0 Å². The van der Waals surface area contributed by atoms with Crippen molar-refractivity contribution in [1.29, 1.82) is 0 Å². The third kappa shape index (κ3) is 3.64. The maximum Gasteiger partial charge on any atom is 0.265 e. The number of aryl methyl sites for hydroxylation is 2. The molecule has 1 N–H and O–H groups in total. The number of benzene rings is 3. The molecule has 0 atom stereocenters. The molecule has 0 aliphatic carbocycles. The van der Waals surface area contributed by atoms with Crippen molar-refractivity contribution < 1.29 is 8.42 Å². The van der Waals surface area contributed by atoms with E-state index in [0.29, 0.717) is 28.1 Å². The number of para-hydroxylation sites is 1. The predicted octanol–water partition coefficient (Wildman–Crippen LogP) is 3.80. The maximum atomic E-state index is 12.9. The first kappa shape index (κ1) is 18.9. The molecule has 7 heteroatoms. The minimum absolute atomic E-state index is 0.166. The van der Waals surface area contributed by atoms with Crippen LogP contribution >= 0.6 is 0 Å². The fraction of sp³-hybridized carbons (Fsp3) is 0.0909. The molecule has 146 valence electrons. The van der Waals surface area contributed by atoms with Crippen molar-refractivity contribution in [2.75, 3.05) is 4.72 Å². The fourth-order valence-corrected chi connectivity index (χ4v) is 4.22. The summed E-state index contributed by atoms with van der Waals surface area (Å²) < 4.78 is 29.2. The normalized spacial score (nSPS) is 11.5. The summed E-state index contributed by atoms with van der Waals surface area (Å²) in [4.78, 5) is 17.6. The van der Waals surface area contributed by atoms with Gasteiger partial charge in [-0.15, -0.1) is 0 Å². The highest BCUT2D eigenvalue weighted by Gasteiger charge is 2.14. The summed E-state index contributed by atoms with van der Waals surface area (Å²) in [5.41, 5.74) is 2.49. The van der Waals surface area contributed by atoms with Gasteiger partial charge in [-0.3, -0.25) is 14.1 Å². The van der Waals surface area contributed by atoms with E-state index in [4.69, 9.17) is 0 Å². The first-order valence-electron chi connectivity index (χ1n) is 9.03. The molecule has 0 fully saturated rings. The maximum absolute atomic E-state index is 12.9. The Morgan fingerprint density at radius 2 is 1.52 bits per heavy atom. The summed E-state index contributed by atoms with van der Waals surface area (Å²) in [5.74, 6) is 0.557. The molecular formula is C22H19N3O3S. The van der Waals surface area contributed by atoms with Crippen LogP contribution in [0.15, 0.2) is 82.5 Å². The number of nitrogens with one attached hydrogen (secondary N) is 1. The SMILES string of the molecule is Cc1ccc(S(=O)(=O)Nc2ccc(-n3c(C)nc4ccccc4c3=O)cc2)cc1. The molecule has 0 saturated carbocycles. The number of sulfonamides is 1. The zero-order valence-electron chi connectivity index (χ0n) is 16.0. The molecule has 1 heterocycles. The Balaban J connectivity index is 1.68. The molecular weight excluding hydrogens is 386 g/mol. The Morgan fingerprint density at radius 3 is 2.21 bits per heavy atom. The van der Waals surface area contributed by atoms with E-state index < -0.39 is 10.0 Å². The average Bonchev–Trinajstić information content (AvgIpc) is 2.69. The van der Waals surface area contributed by atoms with E-state index in [1.807, 2.05) is 13.0 Å². The smallest absolute Gasteiger partial charge is 0.265 e. The van der Waals surface area contributed by atoms with E-state index in [-0.39, 0.29) is 10.5 Å². The summed E-state index contributed by atoms with van der Waals surface area (Å²) in [7, 11) is -3.68. The highest BCUT2D eigenvalue weighted by molar-refractivity contribution is 7.92. The number of hydrogen-bond acceptors (Lipinski definition) is 4. The summed E-state index contributed by atoms with van der Waals surface area (Å²) in [6.45, 7) is 3.66. The highest BCUT2D eigenvalue weighted by atomic mass is 32.2. The second-order valence-corrected chi connectivity index (χ2v) is 8.46. The lowest BCUT2D eigenvalue weighted by Crippen LogP contribution is -2.22. The third-order valence-corrected chi connectivity index (χ3v) is 6.05. The first-order valence-corrected chi connectivity index (χ1v) is 10.5. The monoisotopic (exact) mass is 405 g/mol. The van der Waals surface area contributed by atoms with Gasteiger partial charge in [0.2, 0.25) is 0 Å². The van der Waals surface area contributed by atoms with E-state index in [2.05, 4.69) is 9.71 Å². The first-order chi connectivity index (χ1) is 13.8. The third-order valence-electron chi connectivity index (χ3n) is 4.65. The van der Waals surface area contributed by atoms with Crippen LogP contribution in [0.5, 0.6) is 0 Å². The van der Waals surface area contributed by atoms with Crippen LogP contribution in [-0.2, 0) is 10.0 Å². The Morgan fingerprint density at radius 1 is 0.862 bits per heavy atom. The lowest BCUT2D eigenvalue weighted by Gasteiger charge is -2.12. The van der Waals surface area contributed by atoms with Crippen LogP contribution < -0.4 is 10.3 Å².